The Labute approximate surface area is 141 Å². The summed E-state index contributed by atoms with van der Waals surface area (Å²) < 4.78 is 14.1. The Hall–Kier alpha value is -2.24. The van der Waals surface area contributed by atoms with Crippen molar-refractivity contribution in [3.05, 3.63) is 41.6 Å². The van der Waals surface area contributed by atoms with Gasteiger partial charge < -0.3 is 10.2 Å². The summed E-state index contributed by atoms with van der Waals surface area (Å²) in [6, 6.07) is 4.10. The molecule has 5 nitrogen and oxygen atoms in total. The molecular formula is C18H22FN5. The largest absolute Gasteiger partial charge is 0.354 e. The molecule has 2 aliphatic rings. The highest BCUT2D eigenvalue weighted by Gasteiger charge is 2.34. The number of anilines is 2. The average molecular weight is 327 g/mol. The van der Waals surface area contributed by atoms with Gasteiger partial charge in [-0.25, -0.2) is 9.37 Å². The Bertz CT molecular complexity index is 725. The Kier molecular flexibility index (Phi) is 4.04. The average Bonchev–Trinajstić information content (AvgIpc) is 3.29. The SMILES string of the molecule is Cc1cccnc1[C@@H](Nc1ncc(F)c(N2CCCC2)n1)C1CC1. The van der Waals surface area contributed by atoms with E-state index < -0.39 is 0 Å². The first-order valence-electron chi connectivity index (χ1n) is 8.68. The Balaban J connectivity index is 1.61. The number of aryl methyl sites for hydroxylation is 1. The van der Waals surface area contributed by atoms with E-state index in [1.165, 1.54) is 19.0 Å². The van der Waals surface area contributed by atoms with Crippen LogP contribution in [-0.2, 0) is 0 Å². The Morgan fingerprint density at radius 1 is 1.25 bits per heavy atom. The lowest BCUT2D eigenvalue weighted by atomic mass is 10.0. The maximum Gasteiger partial charge on any atom is 0.225 e. The number of rotatable bonds is 5. The van der Waals surface area contributed by atoms with Crippen LogP contribution in [0.1, 0.15) is 43.0 Å². The van der Waals surface area contributed by atoms with E-state index in [0.29, 0.717) is 17.7 Å². The molecule has 0 amide bonds. The molecule has 126 valence electrons. The van der Waals surface area contributed by atoms with Gasteiger partial charge in [0, 0.05) is 19.3 Å². The molecule has 1 atom stereocenters. The molecule has 4 rings (SSSR count). The maximum absolute atomic E-state index is 14.1. The van der Waals surface area contributed by atoms with Gasteiger partial charge in [-0.05, 0) is 50.2 Å². The van der Waals surface area contributed by atoms with Gasteiger partial charge in [0.2, 0.25) is 5.95 Å². The van der Waals surface area contributed by atoms with Crippen molar-refractivity contribution >= 4 is 11.8 Å². The number of aromatic nitrogens is 3. The Morgan fingerprint density at radius 2 is 2.04 bits per heavy atom. The van der Waals surface area contributed by atoms with Crippen LogP contribution in [0.5, 0.6) is 0 Å². The van der Waals surface area contributed by atoms with Crippen molar-refractivity contribution < 1.29 is 4.39 Å². The van der Waals surface area contributed by atoms with Gasteiger partial charge in [0.1, 0.15) is 0 Å². The molecule has 0 aromatic carbocycles. The molecule has 0 bridgehead atoms. The molecule has 1 saturated carbocycles. The highest BCUT2D eigenvalue weighted by atomic mass is 19.1. The lowest BCUT2D eigenvalue weighted by Gasteiger charge is -2.21. The van der Waals surface area contributed by atoms with E-state index in [2.05, 4.69) is 33.3 Å². The van der Waals surface area contributed by atoms with Gasteiger partial charge in [-0.2, -0.15) is 4.98 Å². The molecule has 2 fully saturated rings. The molecule has 6 heteroatoms. The van der Waals surface area contributed by atoms with Gasteiger partial charge in [-0.3, -0.25) is 4.98 Å². The van der Waals surface area contributed by atoms with Crippen LogP contribution in [0.15, 0.2) is 24.5 Å². The predicted molar refractivity (Wildman–Crippen MR) is 91.5 cm³/mol. The number of nitrogens with zero attached hydrogens (tertiary/aromatic N) is 4. The lowest BCUT2D eigenvalue weighted by Crippen LogP contribution is -2.23. The van der Waals surface area contributed by atoms with E-state index in [-0.39, 0.29) is 11.9 Å². The smallest absolute Gasteiger partial charge is 0.225 e. The van der Waals surface area contributed by atoms with Crippen LogP contribution in [0.25, 0.3) is 0 Å². The van der Waals surface area contributed by atoms with Gasteiger partial charge in [0.05, 0.1) is 17.9 Å². The van der Waals surface area contributed by atoms with Gasteiger partial charge in [0.25, 0.3) is 0 Å². The van der Waals surface area contributed by atoms with Crippen molar-refractivity contribution in [2.75, 3.05) is 23.3 Å². The number of hydrogen-bond acceptors (Lipinski definition) is 5. The summed E-state index contributed by atoms with van der Waals surface area (Å²) in [6.07, 6.45) is 7.62. The first-order chi connectivity index (χ1) is 11.7. The minimum Gasteiger partial charge on any atom is -0.354 e. The standard InChI is InChI=1S/C18H22FN5/c1-12-5-4-8-20-15(12)16(13-6-7-13)22-18-21-11-14(19)17(23-18)24-9-2-3-10-24/h4-5,8,11,13,16H,2-3,6-7,9-10H2,1H3,(H,21,22,23)/t16-/m0/s1. The third-order valence-corrected chi connectivity index (χ3v) is 4.85. The van der Waals surface area contributed by atoms with Crippen LogP contribution in [0.4, 0.5) is 16.2 Å². The summed E-state index contributed by atoms with van der Waals surface area (Å²) in [4.78, 5) is 15.2. The van der Waals surface area contributed by atoms with E-state index >= 15 is 0 Å². The number of nitrogens with one attached hydrogen (secondary N) is 1. The molecule has 1 saturated heterocycles. The summed E-state index contributed by atoms with van der Waals surface area (Å²) in [5.41, 5.74) is 2.19. The van der Waals surface area contributed by atoms with Crippen molar-refractivity contribution in [3.8, 4) is 0 Å². The lowest BCUT2D eigenvalue weighted by molar-refractivity contribution is 0.603. The highest BCUT2D eigenvalue weighted by Crippen LogP contribution is 2.42. The highest BCUT2D eigenvalue weighted by molar-refractivity contribution is 5.45. The molecule has 2 aromatic rings. The molecule has 0 spiro atoms. The van der Waals surface area contributed by atoms with Crippen LogP contribution < -0.4 is 10.2 Å². The second-order valence-corrected chi connectivity index (χ2v) is 6.72. The van der Waals surface area contributed by atoms with Gasteiger partial charge in [-0.1, -0.05) is 6.07 Å². The fraction of sp³-hybridized carbons (Fsp3) is 0.500. The quantitative estimate of drug-likeness (QED) is 0.911. The van der Waals surface area contributed by atoms with Crippen molar-refractivity contribution in [1.82, 2.24) is 15.0 Å². The molecule has 1 aliphatic carbocycles. The second-order valence-electron chi connectivity index (χ2n) is 6.72. The van der Waals surface area contributed by atoms with E-state index in [0.717, 1.165) is 37.2 Å². The molecule has 24 heavy (non-hydrogen) atoms. The van der Waals surface area contributed by atoms with Crippen molar-refractivity contribution in [3.63, 3.8) is 0 Å². The molecular weight excluding hydrogens is 305 g/mol. The maximum atomic E-state index is 14.1. The van der Waals surface area contributed by atoms with E-state index in [1.54, 1.807) is 0 Å². The molecule has 1 N–H and O–H groups in total. The normalized spacial score (nSPS) is 18.7. The minimum atomic E-state index is -0.348. The first-order valence-corrected chi connectivity index (χ1v) is 8.68. The Morgan fingerprint density at radius 3 is 2.75 bits per heavy atom. The van der Waals surface area contributed by atoms with Gasteiger partial charge in [0.15, 0.2) is 11.6 Å². The third-order valence-electron chi connectivity index (χ3n) is 4.85. The zero-order valence-electron chi connectivity index (χ0n) is 13.9. The van der Waals surface area contributed by atoms with E-state index in [9.17, 15) is 4.39 Å². The zero-order chi connectivity index (χ0) is 16.5. The molecule has 0 radical (unpaired) electrons. The van der Waals surface area contributed by atoms with Crippen LogP contribution >= 0.6 is 0 Å². The fourth-order valence-corrected chi connectivity index (χ4v) is 3.38. The van der Waals surface area contributed by atoms with Gasteiger partial charge >= 0.3 is 0 Å². The topological polar surface area (TPSA) is 53.9 Å². The fourth-order valence-electron chi connectivity index (χ4n) is 3.38. The van der Waals surface area contributed by atoms with Crippen LogP contribution in [0.2, 0.25) is 0 Å². The first kappa shape index (κ1) is 15.3. The predicted octanol–water partition coefficient (Wildman–Crippen LogP) is 3.48. The zero-order valence-corrected chi connectivity index (χ0v) is 13.9. The molecule has 2 aromatic heterocycles. The number of halogens is 1. The summed E-state index contributed by atoms with van der Waals surface area (Å²) in [5, 5.41) is 3.41. The van der Waals surface area contributed by atoms with Crippen molar-refractivity contribution in [2.45, 2.75) is 38.6 Å². The van der Waals surface area contributed by atoms with Crippen LogP contribution in [-0.4, -0.2) is 28.0 Å². The molecule has 3 heterocycles. The van der Waals surface area contributed by atoms with Crippen LogP contribution in [0, 0.1) is 18.7 Å². The minimum absolute atomic E-state index is 0.0862. The van der Waals surface area contributed by atoms with E-state index in [1.807, 2.05) is 17.2 Å². The van der Waals surface area contributed by atoms with Crippen LogP contribution in [0.3, 0.4) is 0 Å². The molecule has 0 unspecified atom stereocenters. The van der Waals surface area contributed by atoms with Crippen molar-refractivity contribution in [2.24, 2.45) is 5.92 Å². The summed E-state index contributed by atoms with van der Waals surface area (Å²) in [6.45, 7) is 3.79. The number of hydrogen-bond donors (Lipinski definition) is 1. The summed E-state index contributed by atoms with van der Waals surface area (Å²) in [7, 11) is 0. The monoisotopic (exact) mass is 327 g/mol. The van der Waals surface area contributed by atoms with E-state index in [4.69, 9.17) is 0 Å². The molecule has 1 aliphatic heterocycles. The number of pyridine rings is 1. The summed E-state index contributed by atoms with van der Waals surface area (Å²) in [5.74, 6) is 1.10. The van der Waals surface area contributed by atoms with Gasteiger partial charge in [-0.15, -0.1) is 0 Å². The summed E-state index contributed by atoms with van der Waals surface area (Å²) >= 11 is 0. The van der Waals surface area contributed by atoms with Crippen molar-refractivity contribution in [1.29, 1.82) is 0 Å². The third kappa shape index (κ3) is 3.05. The second kappa shape index (κ2) is 6.34.